The van der Waals surface area contributed by atoms with Gasteiger partial charge in [-0.25, -0.2) is 0 Å². The molecule has 9 heteroatoms. The van der Waals surface area contributed by atoms with Crippen molar-refractivity contribution in [2.75, 3.05) is 18.9 Å². The van der Waals surface area contributed by atoms with Crippen LogP contribution in [-0.2, 0) is 4.79 Å². The summed E-state index contributed by atoms with van der Waals surface area (Å²) >= 11 is 7.44. The topological polar surface area (TPSA) is 92.8 Å². The number of thioether (sulfide) groups is 1. The minimum Gasteiger partial charge on any atom is -0.494 e. The summed E-state index contributed by atoms with van der Waals surface area (Å²) in [6.07, 6.45) is 0.275. The Morgan fingerprint density at radius 3 is 2.77 bits per heavy atom. The van der Waals surface area contributed by atoms with Crippen molar-refractivity contribution in [2.45, 2.75) is 18.5 Å². The molecular weight excluding hydrogens is 422 g/mol. The van der Waals surface area contributed by atoms with E-state index >= 15 is 0 Å². The van der Waals surface area contributed by atoms with E-state index in [0.717, 1.165) is 17.0 Å². The molecule has 1 amide bonds. The number of carbonyl (C=O) groups is 1. The van der Waals surface area contributed by atoms with E-state index in [9.17, 15) is 4.79 Å². The molecule has 0 aliphatic heterocycles. The molecule has 3 rings (SSSR count). The zero-order chi connectivity index (χ0) is 21.3. The predicted octanol–water partition coefficient (Wildman–Crippen LogP) is 4.11. The number of nitrogens with zero attached hydrogens (tertiary/aromatic N) is 4. The van der Waals surface area contributed by atoms with Gasteiger partial charge in [0.15, 0.2) is 11.0 Å². The lowest BCUT2D eigenvalue weighted by Crippen LogP contribution is -2.26. The summed E-state index contributed by atoms with van der Waals surface area (Å²) in [5.74, 6) is 1.38. The maximum Gasteiger partial charge on any atom is 0.230 e. The Hall–Kier alpha value is -3.02. The molecule has 0 aliphatic carbocycles. The highest BCUT2D eigenvalue weighted by Gasteiger charge is 2.17. The number of ether oxygens (including phenoxy) is 1. The number of carbonyl (C=O) groups excluding carboxylic acids is 1. The smallest absolute Gasteiger partial charge is 0.230 e. The normalized spacial score (nSPS) is 10.4. The van der Waals surface area contributed by atoms with Crippen molar-refractivity contribution in [1.29, 1.82) is 5.26 Å². The molecule has 0 aliphatic rings. The largest absolute Gasteiger partial charge is 0.494 e. The van der Waals surface area contributed by atoms with E-state index < -0.39 is 0 Å². The number of halogens is 1. The predicted molar refractivity (Wildman–Crippen MR) is 117 cm³/mol. The van der Waals surface area contributed by atoms with E-state index in [0.29, 0.717) is 29.2 Å². The zero-order valence-corrected chi connectivity index (χ0v) is 17.9. The molecule has 0 atom stereocenters. The van der Waals surface area contributed by atoms with Gasteiger partial charge in [0.25, 0.3) is 0 Å². The van der Waals surface area contributed by atoms with Gasteiger partial charge >= 0.3 is 0 Å². The van der Waals surface area contributed by atoms with Crippen molar-refractivity contribution in [3.8, 4) is 28.9 Å². The molecule has 1 heterocycles. The van der Waals surface area contributed by atoms with Crippen LogP contribution in [0.1, 0.15) is 13.3 Å². The number of nitriles is 1. The van der Waals surface area contributed by atoms with Gasteiger partial charge < -0.3 is 10.1 Å². The van der Waals surface area contributed by atoms with E-state index in [2.05, 4.69) is 15.5 Å². The van der Waals surface area contributed by atoms with Gasteiger partial charge in [0.05, 0.1) is 24.8 Å². The SMILES string of the molecule is CCOc1ccc(-n2c(SCC(=O)NCCC#N)nnc2-c2cccc(Cl)c2)cc1. The fourth-order valence-corrected chi connectivity index (χ4v) is 3.68. The summed E-state index contributed by atoms with van der Waals surface area (Å²) in [6, 6.07) is 17.0. The van der Waals surface area contributed by atoms with Crippen LogP contribution < -0.4 is 10.1 Å². The summed E-state index contributed by atoms with van der Waals surface area (Å²) in [5.41, 5.74) is 1.65. The first-order valence-electron chi connectivity index (χ1n) is 9.33. The zero-order valence-electron chi connectivity index (χ0n) is 16.3. The molecule has 0 spiro atoms. The highest BCUT2D eigenvalue weighted by Crippen LogP contribution is 2.30. The molecule has 0 fully saturated rings. The lowest BCUT2D eigenvalue weighted by Gasteiger charge is -2.11. The summed E-state index contributed by atoms with van der Waals surface area (Å²) < 4.78 is 7.41. The molecular formula is C21H20ClN5O2S. The fourth-order valence-electron chi connectivity index (χ4n) is 2.71. The quantitative estimate of drug-likeness (QED) is 0.396. The van der Waals surface area contributed by atoms with Crippen molar-refractivity contribution in [3.63, 3.8) is 0 Å². The summed E-state index contributed by atoms with van der Waals surface area (Å²) in [7, 11) is 0. The second-order valence-electron chi connectivity index (χ2n) is 6.13. The van der Waals surface area contributed by atoms with Crippen molar-refractivity contribution in [3.05, 3.63) is 53.6 Å². The molecule has 0 saturated carbocycles. The Bertz CT molecular complexity index is 1050. The number of aromatic nitrogens is 3. The maximum atomic E-state index is 12.0. The standard InChI is InChI=1S/C21H20ClN5O2S/c1-2-29-18-9-7-17(8-10-18)27-20(15-5-3-6-16(22)13-15)25-26-21(27)30-14-19(28)24-12-4-11-23/h3,5-10,13H,2,4,12,14H2,1H3,(H,24,28). The van der Waals surface area contributed by atoms with Gasteiger partial charge in [0.2, 0.25) is 5.91 Å². The van der Waals surface area contributed by atoms with Crippen molar-refractivity contribution in [2.24, 2.45) is 0 Å². The van der Waals surface area contributed by atoms with Gasteiger partial charge in [-0.3, -0.25) is 9.36 Å². The molecule has 1 N–H and O–H groups in total. The number of hydrogen-bond acceptors (Lipinski definition) is 6. The van der Waals surface area contributed by atoms with E-state index in [1.165, 1.54) is 11.8 Å². The number of hydrogen-bond donors (Lipinski definition) is 1. The van der Waals surface area contributed by atoms with Crippen LogP contribution in [0.4, 0.5) is 0 Å². The number of nitrogens with one attached hydrogen (secondary N) is 1. The lowest BCUT2D eigenvalue weighted by atomic mass is 10.2. The molecule has 1 aromatic heterocycles. The molecule has 30 heavy (non-hydrogen) atoms. The van der Waals surface area contributed by atoms with Crippen LogP contribution in [0.2, 0.25) is 5.02 Å². The number of rotatable bonds is 9. The first kappa shape index (κ1) is 21.7. The monoisotopic (exact) mass is 441 g/mol. The Morgan fingerprint density at radius 1 is 1.27 bits per heavy atom. The van der Waals surface area contributed by atoms with E-state index in [1.807, 2.05) is 60.0 Å². The van der Waals surface area contributed by atoms with Gasteiger partial charge in [-0.2, -0.15) is 5.26 Å². The second kappa shape index (κ2) is 10.7. The van der Waals surface area contributed by atoms with Crippen molar-refractivity contribution >= 4 is 29.3 Å². The molecule has 0 unspecified atom stereocenters. The van der Waals surface area contributed by atoms with E-state index in [-0.39, 0.29) is 18.1 Å². The minimum absolute atomic E-state index is 0.163. The molecule has 0 radical (unpaired) electrons. The molecule has 0 bridgehead atoms. The molecule has 3 aromatic rings. The molecule has 2 aromatic carbocycles. The second-order valence-corrected chi connectivity index (χ2v) is 7.50. The van der Waals surface area contributed by atoms with Gasteiger partial charge in [-0.15, -0.1) is 10.2 Å². The van der Waals surface area contributed by atoms with Crippen LogP contribution in [0.15, 0.2) is 53.7 Å². The summed E-state index contributed by atoms with van der Waals surface area (Å²) in [5, 5.41) is 21.1. The van der Waals surface area contributed by atoms with Crippen LogP contribution in [0.5, 0.6) is 5.75 Å². The summed E-state index contributed by atoms with van der Waals surface area (Å²) in [4.78, 5) is 12.0. The number of amides is 1. The van der Waals surface area contributed by atoms with Gasteiger partial charge in [-0.1, -0.05) is 35.5 Å². The van der Waals surface area contributed by atoms with Crippen molar-refractivity contribution < 1.29 is 9.53 Å². The van der Waals surface area contributed by atoms with Crippen LogP contribution in [0, 0.1) is 11.3 Å². The third-order valence-electron chi connectivity index (χ3n) is 4.01. The molecule has 7 nitrogen and oxygen atoms in total. The summed E-state index contributed by atoms with van der Waals surface area (Å²) in [6.45, 7) is 2.85. The van der Waals surface area contributed by atoms with Crippen LogP contribution in [-0.4, -0.2) is 39.6 Å². The lowest BCUT2D eigenvalue weighted by molar-refractivity contribution is -0.118. The molecule has 154 valence electrons. The van der Waals surface area contributed by atoms with Gasteiger partial charge in [0, 0.05) is 22.8 Å². The van der Waals surface area contributed by atoms with Crippen LogP contribution >= 0.6 is 23.4 Å². The Kier molecular flexibility index (Phi) is 7.71. The third kappa shape index (κ3) is 5.53. The fraction of sp³-hybridized carbons (Fsp3) is 0.238. The Labute approximate surface area is 184 Å². The van der Waals surface area contributed by atoms with Crippen LogP contribution in [0.25, 0.3) is 17.1 Å². The van der Waals surface area contributed by atoms with Gasteiger partial charge in [0.1, 0.15) is 5.75 Å². The average Bonchev–Trinajstić information content (AvgIpc) is 3.17. The number of benzene rings is 2. The minimum atomic E-state index is -0.166. The highest BCUT2D eigenvalue weighted by atomic mass is 35.5. The van der Waals surface area contributed by atoms with E-state index in [4.69, 9.17) is 21.6 Å². The van der Waals surface area contributed by atoms with Gasteiger partial charge in [-0.05, 0) is 43.3 Å². The van der Waals surface area contributed by atoms with Crippen molar-refractivity contribution in [1.82, 2.24) is 20.1 Å². The van der Waals surface area contributed by atoms with E-state index in [1.54, 1.807) is 6.07 Å². The Morgan fingerprint density at radius 2 is 2.07 bits per heavy atom. The van der Waals surface area contributed by atoms with Crippen LogP contribution in [0.3, 0.4) is 0 Å². The first-order chi connectivity index (χ1) is 14.6. The maximum absolute atomic E-state index is 12.0. The molecule has 0 saturated heterocycles. The Balaban J connectivity index is 1.91. The third-order valence-corrected chi connectivity index (χ3v) is 5.18. The highest BCUT2D eigenvalue weighted by molar-refractivity contribution is 7.99. The average molecular weight is 442 g/mol. The first-order valence-corrected chi connectivity index (χ1v) is 10.7.